The van der Waals surface area contributed by atoms with E-state index < -0.39 is 0 Å². The molecule has 1 aromatic rings. The zero-order valence-electron chi connectivity index (χ0n) is 14.7. The summed E-state index contributed by atoms with van der Waals surface area (Å²) in [7, 11) is 1.60. The average Bonchev–Trinajstić information content (AvgIpc) is 2.64. The minimum Gasteiger partial charge on any atom is -0.483 e. The molecule has 1 aliphatic heterocycles. The van der Waals surface area contributed by atoms with E-state index in [1.54, 1.807) is 25.3 Å². The van der Waals surface area contributed by atoms with Crippen molar-refractivity contribution < 1.29 is 19.1 Å². The van der Waals surface area contributed by atoms with E-state index in [4.69, 9.17) is 21.1 Å². The van der Waals surface area contributed by atoms with Gasteiger partial charge in [-0.05, 0) is 43.0 Å². The molecule has 1 aromatic carbocycles. The molecule has 2 amide bonds. The second-order valence-corrected chi connectivity index (χ2v) is 7.03. The van der Waals surface area contributed by atoms with Crippen LogP contribution in [0, 0.1) is 5.92 Å². The van der Waals surface area contributed by atoms with Gasteiger partial charge in [0.05, 0.1) is 12.6 Å². The lowest BCUT2D eigenvalue weighted by atomic mass is 9.82. The van der Waals surface area contributed by atoms with Gasteiger partial charge in [0.2, 0.25) is 5.91 Å². The first-order valence-electron chi connectivity index (χ1n) is 8.78. The Morgan fingerprint density at radius 3 is 2.88 bits per heavy atom. The van der Waals surface area contributed by atoms with Crippen molar-refractivity contribution in [2.24, 2.45) is 5.92 Å². The predicted octanol–water partition coefficient (Wildman–Crippen LogP) is 2.13. The number of ether oxygens (including phenoxy) is 2. The highest BCUT2D eigenvalue weighted by Crippen LogP contribution is 2.31. The number of morpholine rings is 1. The summed E-state index contributed by atoms with van der Waals surface area (Å²) in [5, 5.41) is 6.50. The fraction of sp³-hybridized carbons (Fsp3) is 0.474. The van der Waals surface area contributed by atoms with E-state index in [2.05, 4.69) is 10.6 Å². The normalized spacial score (nSPS) is 26.6. The number of hydrogen-bond donors (Lipinski definition) is 2. The van der Waals surface area contributed by atoms with Crippen molar-refractivity contribution in [1.29, 1.82) is 0 Å². The molecule has 26 heavy (non-hydrogen) atoms. The van der Waals surface area contributed by atoms with Crippen LogP contribution in [0.5, 0.6) is 0 Å². The number of carbonyl (C=O) groups excluding carboxylic acids is 2. The quantitative estimate of drug-likeness (QED) is 0.608. The van der Waals surface area contributed by atoms with Crippen LogP contribution in [0.1, 0.15) is 24.8 Å². The molecule has 7 heteroatoms. The summed E-state index contributed by atoms with van der Waals surface area (Å²) < 4.78 is 10.9. The second-order valence-electron chi connectivity index (χ2n) is 6.59. The monoisotopic (exact) mass is 378 g/mol. The van der Waals surface area contributed by atoms with Crippen molar-refractivity contribution in [3.63, 3.8) is 0 Å². The third-order valence-electron chi connectivity index (χ3n) is 4.75. The molecule has 2 fully saturated rings. The lowest BCUT2D eigenvalue weighted by Crippen LogP contribution is -2.54. The molecular formula is C19H23ClN2O4. The van der Waals surface area contributed by atoms with Crippen LogP contribution in [0.15, 0.2) is 30.0 Å². The first-order valence-corrected chi connectivity index (χ1v) is 9.16. The Morgan fingerprint density at radius 1 is 1.38 bits per heavy atom. The van der Waals surface area contributed by atoms with Crippen molar-refractivity contribution in [2.45, 2.75) is 31.4 Å². The third kappa shape index (κ3) is 4.56. The molecule has 0 bridgehead atoms. The predicted molar refractivity (Wildman–Crippen MR) is 98.5 cm³/mol. The minimum atomic E-state index is -0.248. The number of fused-ring (bicyclic) bond motifs is 1. The molecule has 6 nitrogen and oxygen atoms in total. The molecule has 140 valence electrons. The number of benzene rings is 1. The van der Waals surface area contributed by atoms with Crippen LogP contribution in [0.25, 0.3) is 6.08 Å². The summed E-state index contributed by atoms with van der Waals surface area (Å²) in [4.78, 5) is 24.6. The van der Waals surface area contributed by atoms with E-state index in [-0.39, 0.29) is 29.9 Å². The second kappa shape index (κ2) is 8.56. The Balaban J connectivity index is 1.60. The van der Waals surface area contributed by atoms with Crippen LogP contribution >= 0.6 is 11.6 Å². The van der Waals surface area contributed by atoms with Gasteiger partial charge in [0.1, 0.15) is 6.10 Å². The SMILES string of the molecule is COCCNC(=O)C1CCC2O/C(=C/c3ccc(Cl)cc3)C(=O)NC2C1. The number of amides is 2. The summed E-state index contributed by atoms with van der Waals surface area (Å²) >= 11 is 5.88. The molecule has 2 N–H and O–H groups in total. The molecule has 3 atom stereocenters. The number of methoxy groups -OCH3 is 1. The van der Waals surface area contributed by atoms with Crippen LogP contribution in [-0.2, 0) is 19.1 Å². The smallest absolute Gasteiger partial charge is 0.286 e. The maximum absolute atomic E-state index is 12.4. The van der Waals surface area contributed by atoms with Gasteiger partial charge in [-0.15, -0.1) is 0 Å². The Morgan fingerprint density at radius 2 is 2.15 bits per heavy atom. The van der Waals surface area contributed by atoms with Crippen molar-refractivity contribution in [2.75, 3.05) is 20.3 Å². The van der Waals surface area contributed by atoms with Gasteiger partial charge in [-0.1, -0.05) is 23.7 Å². The molecule has 0 spiro atoms. The van der Waals surface area contributed by atoms with Crippen molar-refractivity contribution in [1.82, 2.24) is 10.6 Å². The van der Waals surface area contributed by atoms with Gasteiger partial charge < -0.3 is 20.1 Å². The number of halogens is 1. The van der Waals surface area contributed by atoms with Gasteiger partial charge >= 0.3 is 0 Å². The summed E-state index contributed by atoms with van der Waals surface area (Å²) in [6.45, 7) is 0.986. The number of carbonyl (C=O) groups is 2. The standard InChI is InChI=1S/C19H23ClN2O4/c1-25-9-8-21-18(23)13-4-7-16-15(11-13)22-19(24)17(26-16)10-12-2-5-14(20)6-3-12/h2-3,5-6,10,13,15-16H,4,7-9,11H2,1H3,(H,21,23)(H,22,24)/b17-10+. The minimum absolute atomic E-state index is 0.0113. The fourth-order valence-electron chi connectivity index (χ4n) is 3.36. The molecule has 1 heterocycles. The van der Waals surface area contributed by atoms with E-state index >= 15 is 0 Å². The highest BCUT2D eigenvalue weighted by molar-refractivity contribution is 6.30. The van der Waals surface area contributed by atoms with E-state index in [0.29, 0.717) is 30.4 Å². The topological polar surface area (TPSA) is 76.7 Å². The molecule has 2 aliphatic rings. The van der Waals surface area contributed by atoms with E-state index in [9.17, 15) is 9.59 Å². The highest BCUT2D eigenvalue weighted by atomic mass is 35.5. The first-order chi connectivity index (χ1) is 12.6. The van der Waals surface area contributed by atoms with Crippen LogP contribution in [0.3, 0.4) is 0 Å². The molecule has 1 aliphatic carbocycles. The number of nitrogens with one attached hydrogen (secondary N) is 2. The van der Waals surface area contributed by atoms with Crippen molar-refractivity contribution in [3.8, 4) is 0 Å². The Kier molecular flexibility index (Phi) is 6.16. The first kappa shape index (κ1) is 18.7. The number of rotatable bonds is 5. The largest absolute Gasteiger partial charge is 0.483 e. The van der Waals surface area contributed by atoms with Crippen molar-refractivity contribution >= 4 is 29.5 Å². The van der Waals surface area contributed by atoms with Crippen LogP contribution in [0.4, 0.5) is 0 Å². The summed E-state index contributed by atoms with van der Waals surface area (Å²) in [5.74, 6) is -0.0470. The zero-order valence-corrected chi connectivity index (χ0v) is 15.4. The number of hydrogen-bond acceptors (Lipinski definition) is 4. The third-order valence-corrected chi connectivity index (χ3v) is 5.00. The van der Waals surface area contributed by atoms with E-state index in [0.717, 1.165) is 18.4 Å². The Hall–Kier alpha value is -2.05. The maximum atomic E-state index is 12.4. The summed E-state index contributed by atoms with van der Waals surface area (Å²) in [5.41, 5.74) is 0.851. The summed E-state index contributed by atoms with van der Waals surface area (Å²) in [6.07, 6.45) is 3.67. The molecular weight excluding hydrogens is 356 g/mol. The molecule has 0 radical (unpaired) electrons. The van der Waals surface area contributed by atoms with Gasteiger partial charge in [-0.2, -0.15) is 0 Å². The van der Waals surface area contributed by atoms with Gasteiger partial charge in [0.15, 0.2) is 5.76 Å². The zero-order chi connectivity index (χ0) is 18.5. The Labute approximate surface area is 157 Å². The lowest BCUT2D eigenvalue weighted by Gasteiger charge is -2.39. The van der Waals surface area contributed by atoms with Gasteiger partial charge in [-0.3, -0.25) is 9.59 Å². The highest BCUT2D eigenvalue weighted by Gasteiger charge is 2.40. The van der Waals surface area contributed by atoms with Crippen LogP contribution < -0.4 is 10.6 Å². The lowest BCUT2D eigenvalue weighted by molar-refractivity contribution is -0.134. The fourth-order valence-corrected chi connectivity index (χ4v) is 3.49. The Bertz CT molecular complexity index is 689. The molecule has 1 saturated carbocycles. The maximum Gasteiger partial charge on any atom is 0.286 e. The van der Waals surface area contributed by atoms with Crippen molar-refractivity contribution in [3.05, 3.63) is 40.6 Å². The molecule has 3 unspecified atom stereocenters. The molecule has 0 aromatic heterocycles. The van der Waals surface area contributed by atoms with Gasteiger partial charge in [-0.25, -0.2) is 0 Å². The van der Waals surface area contributed by atoms with Gasteiger partial charge in [0, 0.05) is 24.6 Å². The van der Waals surface area contributed by atoms with E-state index in [1.165, 1.54) is 0 Å². The summed E-state index contributed by atoms with van der Waals surface area (Å²) in [6, 6.07) is 7.06. The molecule has 3 rings (SSSR count). The van der Waals surface area contributed by atoms with Crippen LogP contribution in [-0.4, -0.2) is 44.2 Å². The van der Waals surface area contributed by atoms with Gasteiger partial charge in [0.25, 0.3) is 5.91 Å². The average molecular weight is 379 g/mol. The van der Waals surface area contributed by atoms with E-state index in [1.807, 2.05) is 12.1 Å². The van der Waals surface area contributed by atoms with Crippen LogP contribution in [0.2, 0.25) is 5.02 Å². The molecule has 1 saturated heterocycles.